The summed E-state index contributed by atoms with van der Waals surface area (Å²) in [5.41, 5.74) is 3.49. The SMILES string of the molecule is Cc1cccc(C2CCCN2C(=O)c2cc(-c3ccc4c(c3)OCO4)on2)c1. The molecule has 1 atom stereocenters. The Hall–Kier alpha value is -3.28. The molecule has 0 bridgehead atoms. The maximum atomic E-state index is 13.1. The molecule has 5 rings (SSSR count). The zero-order valence-electron chi connectivity index (χ0n) is 15.6. The molecule has 0 saturated carbocycles. The van der Waals surface area contributed by atoms with E-state index in [1.807, 2.05) is 29.2 Å². The highest BCUT2D eigenvalue weighted by Gasteiger charge is 2.32. The first-order valence-electron chi connectivity index (χ1n) is 9.43. The first kappa shape index (κ1) is 16.9. The number of nitrogens with zero attached hydrogens (tertiary/aromatic N) is 2. The van der Waals surface area contributed by atoms with Gasteiger partial charge in [0, 0.05) is 18.2 Å². The highest BCUT2D eigenvalue weighted by molar-refractivity contribution is 5.93. The number of rotatable bonds is 3. The van der Waals surface area contributed by atoms with E-state index < -0.39 is 0 Å². The second kappa shape index (κ2) is 6.71. The van der Waals surface area contributed by atoms with Crippen molar-refractivity contribution in [3.05, 3.63) is 65.4 Å². The second-order valence-electron chi connectivity index (χ2n) is 7.22. The number of fused-ring (bicyclic) bond motifs is 1. The summed E-state index contributed by atoms with van der Waals surface area (Å²) in [6.45, 7) is 3.01. The number of aromatic nitrogens is 1. The maximum absolute atomic E-state index is 13.1. The van der Waals surface area contributed by atoms with Gasteiger partial charge in [-0.2, -0.15) is 0 Å². The molecule has 6 heteroatoms. The van der Waals surface area contributed by atoms with Crippen LogP contribution in [-0.4, -0.2) is 29.3 Å². The van der Waals surface area contributed by atoms with Crippen molar-refractivity contribution < 1.29 is 18.8 Å². The molecule has 1 unspecified atom stereocenters. The Kier molecular flexibility index (Phi) is 4.04. The Labute approximate surface area is 162 Å². The lowest BCUT2D eigenvalue weighted by atomic mass is 10.0. The van der Waals surface area contributed by atoms with Gasteiger partial charge in [-0.1, -0.05) is 35.0 Å². The van der Waals surface area contributed by atoms with Gasteiger partial charge in [0.1, 0.15) is 0 Å². The minimum absolute atomic E-state index is 0.0816. The van der Waals surface area contributed by atoms with Crippen molar-refractivity contribution in [1.29, 1.82) is 0 Å². The molecule has 28 heavy (non-hydrogen) atoms. The topological polar surface area (TPSA) is 64.8 Å². The number of hydrogen-bond acceptors (Lipinski definition) is 5. The molecule has 142 valence electrons. The van der Waals surface area contributed by atoms with Crippen molar-refractivity contribution in [3.63, 3.8) is 0 Å². The fourth-order valence-electron chi connectivity index (χ4n) is 3.94. The number of amides is 1. The van der Waals surface area contributed by atoms with Crippen molar-refractivity contribution in [1.82, 2.24) is 10.1 Å². The third kappa shape index (κ3) is 2.91. The number of aryl methyl sites for hydroxylation is 1. The second-order valence-corrected chi connectivity index (χ2v) is 7.22. The third-order valence-electron chi connectivity index (χ3n) is 5.33. The molecule has 0 spiro atoms. The first-order chi connectivity index (χ1) is 13.7. The van der Waals surface area contributed by atoms with Crippen molar-refractivity contribution in [3.8, 4) is 22.8 Å². The van der Waals surface area contributed by atoms with Gasteiger partial charge in [0.05, 0.1) is 6.04 Å². The molecule has 1 fully saturated rings. The molecule has 0 radical (unpaired) electrons. The fourth-order valence-corrected chi connectivity index (χ4v) is 3.94. The Morgan fingerprint density at radius 2 is 2.00 bits per heavy atom. The third-order valence-corrected chi connectivity index (χ3v) is 5.33. The Balaban J connectivity index is 1.40. The van der Waals surface area contributed by atoms with Crippen molar-refractivity contribution in [2.45, 2.75) is 25.8 Å². The smallest absolute Gasteiger partial charge is 0.276 e. The summed E-state index contributed by atoms with van der Waals surface area (Å²) in [6, 6.07) is 15.7. The van der Waals surface area contributed by atoms with Crippen LogP contribution in [0.15, 0.2) is 53.1 Å². The van der Waals surface area contributed by atoms with E-state index in [1.165, 1.54) is 11.1 Å². The van der Waals surface area contributed by atoms with Crippen LogP contribution in [0.25, 0.3) is 11.3 Å². The van der Waals surface area contributed by atoms with Gasteiger partial charge in [-0.3, -0.25) is 4.79 Å². The van der Waals surface area contributed by atoms with Crippen LogP contribution in [0, 0.1) is 6.92 Å². The molecule has 0 aliphatic carbocycles. The zero-order chi connectivity index (χ0) is 19.1. The number of hydrogen-bond donors (Lipinski definition) is 0. The molecule has 3 aromatic rings. The predicted molar refractivity (Wildman–Crippen MR) is 102 cm³/mol. The largest absolute Gasteiger partial charge is 0.454 e. The van der Waals surface area contributed by atoms with E-state index in [9.17, 15) is 4.79 Å². The molecular weight excluding hydrogens is 356 g/mol. The molecule has 6 nitrogen and oxygen atoms in total. The van der Waals surface area contributed by atoms with E-state index in [2.05, 4.69) is 30.3 Å². The number of carbonyl (C=O) groups is 1. The van der Waals surface area contributed by atoms with Crippen LogP contribution in [0.3, 0.4) is 0 Å². The summed E-state index contributed by atoms with van der Waals surface area (Å²) in [4.78, 5) is 15.0. The fraction of sp³-hybridized carbons (Fsp3) is 0.273. The Morgan fingerprint density at radius 1 is 1.11 bits per heavy atom. The highest BCUT2D eigenvalue weighted by atomic mass is 16.7. The minimum Gasteiger partial charge on any atom is -0.454 e. The van der Waals surface area contributed by atoms with E-state index in [0.717, 1.165) is 24.9 Å². The normalized spacial score (nSPS) is 17.9. The number of benzene rings is 2. The van der Waals surface area contributed by atoms with Gasteiger partial charge in [-0.25, -0.2) is 0 Å². The average Bonchev–Trinajstić information content (AvgIpc) is 3.47. The van der Waals surface area contributed by atoms with Crippen LogP contribution in [-0.2, 0) is 0 Å². The van der Waals surface area contributed by atoms with Gasteiger partial charge >= 0.3 is 0 Å². The van der Waals surface area contributed by atoms with Gasteiger partial charge in [0.15, 0.2) is 23.0 Å². The molecule has 2 aromatic carbocycles. The monoisotopic (exact) mass is 376 g/mol. The quantitative estimate of drug-likeness (QED) is 0.680. The molecule has 1 amide bonds. The zero-order valence-corrected chi connectivity index (χ0v) is 15.6. The van der Waals surface area contributed by atoms with E-state index >= 15 is 0 Å². The maximum Gasteiger partial charge on any atom is 0.276 e. The predicted octanol–water partition coefficient (Wildman–Crippen LogP) is 4.36. The molecule has 1 aromatic heterocycles. The van der Waals surface area contributed by atoms with Gasteiger partial charge in [-0.05, 0) is 43.5 Å². The summed E-state index contributed by atoms with van der Waals surface area (Å²) in [6.07, 6.45) is 1.94. The lowest BCUT2D eigenvalue weighted by Gasteiger charge is -2.24. The van der Waals surface area contributed by atoms with Crippen molar-refractivity contribution >= 4 is 5.91 Å². The molecule has 2 aliphatic heterocycles. The number of carbonyl (C=O) groups excluding carboxylic acids is 1. The van der Waals surface area contributed by atoms with Crippen LogP contribution in [0.4, 0.5) is 0 Å². The lowest BCUT2D eigenvalue weighted by molar-refractivity contribution is 0.0725. The standard InChI is InChI=1S/C22H20N2O4/c1-14-4-2-5-15(10-14)18-6-3-9-24(18)22(25)17-12-20(28-23-17)16-7-8-19-21(11-16)27-13-26-19/h2,4-5,7-8,10-12,18H,3,6,9,13H2,1H3. The van der Waals surface area contributed by atoms with Crippen molar-refractivity contribution in [2.75, 3.05) is 13.3 Å². The molecule has 0 N–H and O–H groups in total. The molecular formula is C22H20N2O4. The Bertz CT molecular complexity index is 1040. The van der Waals surface area contributed by atoms with Gasteiger partial charge < -0.3 is 18.9 Å². The summed E-state index contributed by atoms with van der Waals surface area (Å²) in [7, 11) is 0. The molecule has 2 aliphatic rings. The van der Waals surface area contributed by atoms with Gasteiger partial charge in [-0.15, -0.1) is 0 Å². The average molecular weight is 376 g/mol. The van der Waals surface area contributed by atoms with Gasteiger partial charge in [0.2, 0.25) is 6.79 Å². The van der Waals surface area contributed by atoms with Gasteiger partial charge in [0.25, 0.3) is 5.91 Å². The van der Waals surface area contributed by atoms with E-state index in [0.29, 0.717) is 23.0 Å². The summed E-state index contributed by atoms with van der Waals surface area (Å²) in [5.74, 6) is 1.81. The van der Waals surface area contributed by atoms with Crippen LogP contribution in [0.1, 0.15) is 40.5 Å². The first-order valence-corrected chi connectivity index (χ1v) is 9.43. The molecule has 3 heterocycles. The van der Waals surface area contributed by atoms with Crippen LogP contribution in [0.5, 0.6) is 11.5 Å². The summed E-state index contributed by atoms with van der Waals surface area (Å²) in [5, 5.41) is 4.04. The summed E-state index contributed by atoms with van der Waals surface area (Å²) < 4.78 is 16.2. The van der Waals surface area contributed by atoms with E-state index in [-0.39, 0.29) is 18.7 Å². The number of ether oxygens (including phenoxy) is 2. The van der Waals surface area contributed by atoms with E-state index in [1.54, 1.807) is 6.07 Å². The minimum atomic E-state index is -0.0975. The number of likely N-dealkylation sites (tertiary alicyclic amines) is 1. The van der Waals surface area contributed by atoms with Crippen LogP contribution >= 0.6 is 0 Å². The van der Waals surface area contributed by atoms with Crippen LogP contribution < -0.4 is 9.47 Å². The van der Waals surface area contributed by atoms with Crippen LogP contribution in [0.2, 0.25) is 0 Å². The molecule has 1 saturated heterocycles. The van der Waals surface area contributed by atoms with Crippen molar-refractivity contribution in [2.24, 2.45) is 0 Å². The van der Waals surface area contributed by atoms with E-state index in [4.69, 9.17) is 14.0 Å². The highest BCUT2D eigenvalue weighted by Crippen LogP contribution is 2.37. The Morgan fingerprint density at radius 3 is 2.89 bits per heavy atom. The lowest BCUT2D eigenvalue weighted by Crippen LogP contribution is -2.30. The summed E-state index contributed by atoms with van der Waals surface area (Å²) >= 11 is 0.